The van der Waals surface area contributed by atoms with E-state index in [1.807, 2.05) is 0 Å². The third kappa shape index (κ3) is 8.93. The molecule has 7 heteroatoms. The van der Waals surface area contributed by atoms with E-state index in [1.54, 1.807) is 5.32 Å². The van der Waals surface area contributed by atoms with Crippen LogP contribution in [0, 0.1) is 0 Å². The zero-order valence-corrected chi connectivity index (χ0v) is 6.98. The molecule has 3 N–H and O–H groups in total. The molecule has 4 nitrogen and oxygen atoms in total. The molecular formula is C6H11F3N2O2. The second-order valence-electron chi connectivity index (χ2n) is 2.53. The molecule has 0 aromatic carbocycles. The van der Waals surface area contributed by atoms with Crippen molar-refractivity contribution in [1.29, 1.82) is 0 Å². The third-order valence-electron chi connectivity index (χ3n) is 1.01. The van der Waals surface area contributed by atoms with Gasteiger partial charge in [-0.15, -0.1) is 0 Å². The highest BCUT2D eigenvalue weighted by molar-refractivity contribution is 5.73. The standard InChI is InChI=1S/C6H11F3N2O2/c1-4(12)2-10-5(13)11-3-6(7,8)9/h4,12H,2-3H2,1H3,(H2,10,11,13)/t4-/m0/s1. The molecule has 78 valence electrons. The van der Waals surface area contributed by atoms with Crippen LogP contribution in [0.4, 0.5) is 18.0 Å². The summed E-state index contributed by atoms with van der Waals surface area (Å²) in [6, 6.07) is -0.946. The highest BCUT2D eigenvalue weighted by Crippen LogP contribution is 2.11. The molecule has 0 spiro atoms. The van der Waals surface area contributed by atoms with Gasteiger partial charge >= 0.3 is 12.2 Å². The SMILES string of the molecule is C[C@H](O)CNC(=O)NCC(F)(F)F. The number of aliphatic hydroxyl groups is 1. The van der Waals surface area contributed by atoms with Crippen LogP contribution in [0.5, 0.6) is 0 Å². The fraction of sp³-hybridized carbons (Fsp3) is 0.833. The van der Waals surface area contributed by atoms with Crippen molar-refractivity contribution in [3.05, 3.63) is 0 Å². The van der Waals surface area contributed by atoms with Gasteiger partial charge in [0.15, 0.2) is 0 Å². The maximum atomic E-state index is 11.5. The predicted octanol–water partition coefficient (Wildman–Crippen LogP) is 0.229. The topological polar surface area (TPSA) is 61.4 Å². The molecule has 0 saturated carbocycles. The Morgan fingerprint density at radius 2 is 2.00 bits per heavy atom. The van der Waals surface area contributed by atoms with Crippen LogP contribution in [0.25, 0.3) is 0 Å². The Bertz CT molecular complexity index is 170. The predicted molar refractivity (Wildman–Crippen MR) is 39.1 cm³/mol. The van der Waals surface area contributed by atoms with Gasteiger partial charge in [-0.1, -0.05) is 0 Å². The fourth-order valence-electron chi connectivity index (χ4n) is 0.483. The van der Waals surface area contributed by atoms with Crippen LogP contribution >= 0.6 is 0 Å². The van der Waals surface area contributed by atoms with Crippen LogP contribution in [0.15, 0.2) is 0 Å². The van der Waals surface area contributed by atoms with Gasteiger partial charge in [0.1, 0.15) is 6.54 Å². The summed E-state index contributed by atoms with van der Waals surface area (Å²) in [6.45, 7) is -0.0492. The number of hydrogen-bond acceptors (Lipinski definition) is 2. The molecule has 0 saturated heterocycles. The average molecular weight is 200 g/mol. The molecule has 1 atom stereocenters. The Morgan fingerprint density at radius 1 is 1.46 bits per heavy atom. The number of amides is 2. The van der Waals surface area contributed by atoms with Crippen LogP contribution in [0.2, 0.25) is 0 Å². The molecule has 13 heavy (non-hydrogen) atoms. The van der Waals surface area contributed by atoms with Crippen LogP contribution in [0.3, 0.4) is 0 Å². The van der Waals surface area contributed by atoms with Crippen molar-refractivity contribution in [3.8, 4) is 0 Å². The van der Waals surface area contributed by atoms with Gasteiger partial charge in [0.05, 0.1) is 6.10 Å². The summed E-state index contributed by atoms with van der Waals surface area (Å²) in [7, 11) is 0. The number of alkyl halides is 3. The number of carbonyl (C=O) groups excluding carboxylic acids is 1. The molecule has 0 heterocycles. The zero-order valence-electron chi connectivity index (χ0n) is 6.98. The first-order chi connectivity index (χ1) is 5.81. The molecule has 0 rings (SSSR count). The van der Waals surface area contributed by atoms with E-state index in [9.17, 15) is 18.0 Å². The van der Waals surface area contributed by atoms with E-state index >= 15 is 0 Å². The number of urea groups is 1. The van der Waals surface area contributed by atoms with Crippen molar-refractivity contribution < 1.29 is 23.1 Å². The second-order valence-corrected chi connectivity index (χ2v) is 2.53. The Morgan fingerprint density at radius 3 is 2.38 bits per heavy atom. The van der Waals surface area contributed by atoms with Gasteiger partial charge in [-0.2, -0.15) is 13.2 Å². The Hall–Kier alpha value is -0.980. The molecule has 2 amide bonds. The second kappa shape index (κ2) is 4.90. The monoisotopic (exact) mass is 200 g/mol. The molecule has 0 unspecified atom stereocenters. The first-order valence-electron chi connectivity index (χ1n) is 3.58. The highest BCUT2D eigenvalue weighted by atomic mass is 19.4. The minimum Gasteiger partial charge on any atom is -0.392 e. The van der Waals surface area contributed by atoms with E-state index in [-0.39, 0.29) is 6.54 Å². The van der Waals surface area contributed by atoms with Gasteiger partial charge in [0.25, 0.3) is 0 Å². The zero-order chi connectivity index (χ0) is 10.5. The summed E-state index contributed by atoms with van der Waals surface area (Å²) in [6.07, 6.45) is -5.20. The van der Waals surface area contributed by atoms with Gasteiger partial charge in [-0.05, 0) is 6.92 Å². The number of hydrogen-bond donors (Lipinski definition) is 3. The maximum absolute atomic E-state index is 11.5. The van der Waals surface area contributed by atoms with Gasteiger partial charge in [-0.25, -0.2) is 4.79 Å². The van der Waals surface area contributed by atoms with Crippen molar-refractivity contribution in [2.75, 3.05) is 13.1 Å². The van der Waals surface area contributed by atoms with Crippen molar-refractivity contribution >= 4 is 6.03 Å². The minimum atomic E-state index is -4.41. The van der Waals surface area contributed by atoms with Crippen LogP contribution < -0.4 is 10.6 Å². The van der Waals surface area contributed by atoms with Crippen molar-refractivity contribution in [1.82, 2.24) is 10.6 Å². The molecule has 0 aromatic heterocycles. The third-order valence-corrected chi connectivity index (χ3v) is 1.01. The fourth-order valence-corrected chi connectivity index (χ4v) is 0.483. The van der Waals surface area contributed by atoms with Crippen LogP contribution in [-0.4, -0.2) is 36.5 Å². The molecule has 0 fully saturated rings. The normalized spacial score (nSPS) is 13.6. The highest BCUT2D eigenvalue weighted by Gasteiger charge is 2.27. The van der Waals surface area contributed by atoms with E-state index < -0.39 is 24.9 Å². The molecule has 0 aromatic rings. The van der Waals surface area contributed by atoms with E-state index in [0.29, 0.717) is 0 Å². The lowest BCUT2D eigenvalue weighted by Crippen LogP contribution is -2.42. The Kier molecular flexibility index (Phi) is 4.53. The lowest BCUT2D eigenvalue weighted by molar-refractivity contribution is -0.122. The maximum Gasteiger partial charge on any atom is 0.405 e. The van der Waals surface area contributed by atoms with E-state index in [4.69, 9.17) is 5.11 Å². The summed E-state index contributed by atoms with van der Waals surface area (Å²) >= 11 is 0. The summed E-state index contributed by atoms with van der Waals surface area (Å²) in [4.78, 5) is 10.6. The molecule has 0 aliphatic carbocycles. The smallest absolute Gasteiger partial charge is 0.392 e. The number of carbonyl (C=O) groups is 1. The Balaban J connectivity index is 3.53. The first kappa shape index (κ1) is 12.0. The van der Waals surface area contributed by atoms with Crippen molar-refractivity contribution in [3.63, 3.8) is 0 Å². The van der Waals surface area contributed by atoms with Crippen LogP contribution in [0.1, 0.15) is 6.92 Å². The largest absolute Gasteiger partial charge is 0.405 e. The van der Waals surface area contributed by atoms with Gasteiger partial charge in [0, 0.05) is 6.54 Å². The quantitative estimate of drug-likeness (QED) is 0.610. The first-order valence-corrected chi connectivity index (χ1v) is 3.58. The van der Waals surface area contributed by atoms with E-state index in [0.717, 1.165) is 0 Å². The molecular weight excluding hydrogens is 189 g/mol. The minimum absolute atomic E-state index is 0.0797. The van der Waals surface area contributed by atoms with Crippen molar-refractivity contribution in [2.24, 2.45) is 0 Å². The van der Waals surface area contributed by atoms with Gasteiger partial charge < -0.3 is 15.7 Å². The summed E-state index contributed by atoms with van der Waals surface area (Å²) in [5.74, 6) is 0. The number of nitrogens with one attached hydrogen (secondary N) is 2. The average Bonchev–Trinajstić information content (AvgIpc) is 1.95. The van der Waals surface area contributed by atoms with Gasteiger partial charge in [-0.3, -0.25) is 0 Å². The molecule has 0 bridgehead atoms. The molecule has 0 aliphatic heterocycles. The number of aliphatic hydroxyl groups excluding tert-OH is 1. The van der Waals surface area contributed by atoms with E-state index in [2.05, 4.69) is 5.32 Å². The molecule has 0 radical (unpaired) electrons. The van der Waals surface area contributed by atoms with Gasteiger partial charge in [0.2, 0.25) is 0 Å². The van der Waals surface area contributed by atoms with Crippen LogP contribution in [-0.2, 0) is 0 Å². The number of halogens is 3. The van der Waals surface area contributed by atoms with Crippen molar-refractivity contribution in [2.45, 2.75) is 19.2 Å². The summed E-state index contributed by atoms with van der Waals surface area (Å²) < 4.78 is 34.6. The molecule has 0 aliphatic rings. The Labute approximate surface area is 73.1 Å². The lowest BCUT2D eigenvalue weighted by Gasteiger charge is -2.10. The lowest BCUT2D eigenvalue weighted by atomic mass is 10.4. The summed E-state index contributed by atoms with van der Waals surface area (Å²) in [5, 5.41) is 12.3. The summed E-state index contributed by atoms with van der Waals surface area (Å²) in [5.41, 5.74) is 0. The number of rotatable bonds is 3. The van der Waals surface area contributed by atoms with E-state index in [1.165, 1.54) is 6.92 Å².